The summed E-state index contributed by atoms with van der Waals surface area (Å²) in [6.07, 6.45) is 0.840. The summed E-state index contributed by atoms with van der Waals surface area (Å²) >= 11 is 0. The molecule has 0 spiro atoms. The van der Waals surface area contributed by atoms with Gasteiger partial charge in [-0.05, 0) is 49.4 Å². The third kappa shape index (κ3) is 4.42. The van der Waals surface area contributed by atoms with E-state index in [1.165, 1.54) is 22.3 Å². The van der Waals surface area contributed by atoms with Gasteiger partial charge in [-0.15, -0.1) is 0 Å². The van der Waals surface area contributed by atoms with E-state index in [9.17, 15) is 5.11 Å². The van der Waals surface area contributed by atoms with Gasteiger partial charge in [0.05, 0.1) is 6.61 Å². The second kappa shape index (κ2) is 7.39. The topological polar surface area (TPSA) is 32.3 Å². The Hall–Kier alpha value is -1.64. The van der Waals surface area contributed by atoms with Gasteiger partial charge in [0.25, 0.3) is 0 Å². The fraction of sp³-hybridized carbons (Fsp3) is 0.368. The summed E-state index contributed by atoms with van der Waals surface area (Å²) < 4.78 is 0. The molecule has 0 heterocycles. The normalized spacial score (nSPS) is 13.9. The number of aryl methyl sites for hydroxylation is 2. The van der Waals surface area contributed by atoms with Gasteiger partial charge in [0, 0.05) is 12.1 Å². The van der Waals surface area contributed by atoms with Crippen molar-refractivity contribution in [3.05, 3.63) is 70.8 Å². The van der Waals surface area contributed by atoms with E-state index in [0.29, 0.717) is 0 Å². The first-order chi connectivity index (χ1) is 10.1. The summed E-state index contributed by atoms with van der Waals surface area (Å²) in [5.74, 6) is 0. The van der Waals surface area contributed by atoms with E-state index < -0.39 is 0 Å². The number of benzene rings is 2. The van der Waals surface area contributed by atoms with Gasteiger partial charge in [0.2, 0.25) is 0 Å². The number of hydrogen-bond donors (Lipinski definition) is 2. The lowest BCUT2D eigenvalue weighted by Gasteiger charge is -2.23. The van der Waals surface area contributed by atoms with E-state index in [-0.39, 0.29) is 18.7 Å². The molecular weight excluding hydrogens is 258 g/mol. The summed E-state index contributed by atoms with van der Waals surface area (Å²) in [4.78, 5) is 0. The largest absolute Gasteiger partial charge is 0.395 e. The summed E-state index contributed by atoms with van der Waals surface area (Å²) in [6, 6.07) is 17.1. The van der Waals surface area contributed by atoms with Gasteiger partial charge >= 0.3 is 0 Å². The summed E-state index contributed by atoms with van der Waals surface area (Å²) in [7, 11) is 0. The van der Waals surface area contributed by atoms with Crippen molar-refractivity contribution in [2.45, 2.75) is 39.3 Å². The van der Waals surface area contributed by atoms with Crippen LogP contribution in [0.4, 0.5) is 0 Å². The lowest BCUT2D eigenvalue weighted by molar-refractivity contribution is 0.232. The highest BCUT2D eigenvalue weighted by Crippen LogP contribution is 2.18. The number of aliphatic hydroxyl groups is 1. The van der Waals surface area contributed by atoms with Crippen molar-refractivity contribution in [3.63, 3.8) is 0 Å². The molecule has 2 N–H and O–H groups in total. The van der Waals surface area contributed by atoms with Crippen LogP contribution in [0.2, 0.25) is 0 Å². The van der Waals surface area contributed by atoms with Crippen LogP contribution in [0.25, 0.3) is 0 Å². The zero-order chi connectivity index (χ0) is 15.2. The minimum absolute atomic E-state index is 0.0732. The van der Waals surface area contributed by atoms with Gasteiger partial charge in [0.15, 0.2) is 0 Å². The second-order valence-corrected chi connectivity index (χ2v) is 5.80. The molecule has 21 heavy (non-hydrogen) atoms. The highest BCUT2D eigenvalue weighted by atomic mass is 16.3. The maximum Gasteiger partial charge on any atom is 0.0588 e. The molecule has 0 aliphatic heterocycles. The molecule has 0 aliphatic carbocycles. The Morgan fingerprint density at radius 3 is 2.33 bits per heavy atom. The van der Waals surface area contributed by atoms with Gasteiger partial charge in [-0.25, -0.2) is 0 Å². The third-order valence-corrected chi connectivity index (χ3v) is 4.06. The molecule has 2 aromatic rings. The standard InChI is InChI=1S/C19H25NO/c1-14-9-10-18(11-15(14)2)16(3)20-19(13-21)12-17-7-5-4-6-8-17/h4-11,16,19-21H,12-13H2,1-3H3/t16?,19-/m0/s1. The number of aliphatic hydroxyl groups excluding tert-OH is 1. The van der Waals surface area contributed by atoms with Crippen molar-refractivity contribution in [2.75, 3.05) is 6.61 Å². The lowest BCUT2D eigenvalue weighted by atomic mass is 10.00. The monoisotopic (exact) mass is 283 g/mol. The Kier molecular flexibility index (Phi) is 5.54. The van der Waals surface area contributed by atoms with Crippen molar-refractivity contribution >= 4 is 0 Å². The summed E-state index contributed by atoms with van der Waals surface area (Å²) in [6.45, 7) is 6.56. The first-order valence-electron chi connectivity index (χ1n) is 7.58. The molecule has 0 aromatic heterocycles. The predicted molar refractivity (Wildman–Crippen MR) is 88.5 cm³/mol. The molecule has 0 radical (unpaired) electrons. The van der Waals surface area contributed by atoms with Gasteiger partial charge < -0.3 is 10.4 Å². The van der Waals surface area contributed by atoms with Crippen LogP contribution < -0.4 is 5.32 Å². The fourth-order valence-corrected chi connectivity index (χ4v) is 2.56. The number of rotatable bonds is 6. The van der Waals surface area contributed by atoms with Crippen LogP contribution in [0.15, 0.2) is 48.5 Å². The van der Waals surface area contributed by atoms with Crippen molar-refractivity contribution in [1.29, 1.82) is 0 Å². The van der Waals surface area contributed by atoms with Gasteiger partial charge in [-0.1, -0.05) is 48.5 Å². The zero-order valence-corrected chi connectivity index (χ0v) is 13.1. The number of hydrogen-bond acceptors (Lipinski definition) is 2. The Bertz CT molecular complexity index is 565. The van der Waals surface area contributed by atoms with Crippen molar-refractivity contribution in [3.8, 4) is 0 Å². The maximum absolute atomic E-state index is 9.62. The molecule has 2 aromatic carbocycles. The highest BCUT2D eigenvalue weighted by Gasteiger charge is 2.13. The van der Waals surface area contributed by atoms with Crippen LogP contribution in [0, 0.1) is 13.8 Å². The molecule has 2 nitrogen and oxygen atoms in total. The molecule has 0 aliphatic rings. The minimum Gasteiger partial charge on any atom is -0.395 e. The van der Waals surface area contributed by atoms with Crippen LogP contribution in [0.3, 0.4) is 0 Å². The number of nitrogens with one attached hydrogen (secondary N) is 1. The van der Waals surface area contributed by atoms with E-state index in [2.05, 4.69) is 56.4 Å². The molecular formula is C19H25NO. The van der Waals surface area contributed by atoms with Crippen molar-refractivity contribution < 1.29 is 5.11 Å². The molecule has 2 atom stereocenters. The first kappa shape index (κ1) is 15.7. The molecule has 2 heteroatoms. The maximum atomic E-state index is 9.62. The van der Waals surface area contributed by atoms with Crippen LogP contribution >= 0.6 is 0 Å². The molecule has 0 saturated heterocycles. The van der Waals surface area contributed by atoms with Crippen LogP contribution in [0.5, 0.6) is 0 Å². The van der Waals surface area contributed by atoms with Gasteiger partial charge in [-0.3, -0.25) is 0 Å². The molecule has 0 fully saturated rings. The van der Waals surface area contributed by atoms with Gasteiger partial charge in [0.1, 0.15) is 0 Å². The first-order valence-corrected chi connectivity index (χ1v) is 7.58. The minimum atomic E-state index is 0.0732. The smallest absolute Gasteiger partial charge is 0.0588 e. The van der Waals surface area contributed by atoms with Gasteiger partial charge in [-0.2, -0.15) is 0 Å². The Morgan fingerprint density at radius 2 is 1.71 bits per heavy atom. The Labute approximate surface area is 127 Å². The predicted octanol–water partition coefficient (Wildman–Crippen LogP) is 3.56. The van der Waals surface area contributed by atoms with Crippen LogP contribution in [0.1, 0.15) is 35.2 Å². The quantitative estimate of drug-likeness (QED) is 0.849. The molecule has 0 amide bonds. The summed E-state index contributed by atoms with van der Waals surface area (Å²) in [5.41, 5.74) is 5.14. The second-order valence-electron chi connectivity index (χ2n) is 5.80. The fourth-order valence-electron chi connectivity index (χ4n) is 2.56. The van der Waals surface area contributed by atoms with E-state index in [4.69, 9.17) is 0 Å². The Morgan fingerprint density at radius 1 is 1.00 bits per heavy atom. The van der Waals surface area contributed by atoms with E-state index in [1.807, 2.05) is 18.2 Å². The van der Waals surface area contributed by atoms with Crippen molar-refractivity contribution in [1.82, 2.24) is 5.32 Å². The average Bonchev–Trinajstić information content (AvgIpc) is 2.50. The third-order valence-electron chi connectivity index (χ3n) is 4.06. The van der Waals surface area contributed by atoms with E-state index in [0.717, 1.165) is 6.42 Å². The van der Waals surface area contributed by atoms with E-state index in [1.54, 1.807) is 0 Å². The van der Waals surface area contributed by atoms with E-state index >= 15 is 0 Å². The Balaban J connectivity index is 2.02. The molecule has 0 bridgehead atoms. The zero-order valence-electron chi connectivity index (χ0n) is 13.1. The molecule has 1 unspecified atom stereocenters. The van der Waals surface area contributed by atoms with Crippen molar-refractivity contribution in [2.24, 2.45) is 0 Å². The van der Waals surface area contributed by atoms with Crippen LogP contribution in [-0.4, -0.2) is 17.8 Å². The summed E-state index contributed by atoms with van der Waals surface area (Å²) in [5, 5.41) is 13.1. The lowest BCUT2D eigenvalue weighted by Crippen LogP contribution is -2.36. The molecule has 0 saturated carbocycles. The SMILES string of the molecule is Cc1ccc(C(C)N[C@H](CO)Cc2ccccc2)cc1C. The average molecular weight is 283 g/mol. The molecule has 112 valence electrons. The molecule has 2 rings (SSSR count). The van der Waals surface area contributed by atoms with Crippen LogP contribution in [-0.2, 0) is 6.42 Å². The highest BCUT2D eigenvalue weighted by molar-refractivity contribution is 5.31.